The predicted octanol–water partition coefficient (Wildman–Crippen LogP) is 2.56. The minimum Gasteiger partial charge on any atom is -0.495 e. The van der Waals surface area contributed by atoms with Gasteiger partial charge < -0.3 is 15.0 Å². The average molecular weight is 452 g/mol. The van der Waals surface area contributed by atoms with Crippen LogP contribution in [0, 0.1) is 0 Å². The average Bonchev–Trinajstić information content (AvgIpc) is 3.13. The standard InChI is InChI=1S/C21H33N5O4S/c1-7-25(8-2)11-12-26-15-17(14-22-26)23-20(27)16-9-10-18(30-6)19(13-16)31(28,29)24-21(3,4)5/h9-10,13-15,24H,7-8,11-12H2,1-6H3,(H,23,27). The Kier molecular flexibility index (Phi) is 8.21. The number of nitrogens with zero attached hydrogens (tertiary/aromatic N) is 3. The first kappa shape index (κ1) is 24.8. The van der Waals surface area contributed by atoms with Gasteiger partial charge in [-0.05, 0) is 52.1 Å². The molecule has 2 aromatic rings. The molecule has 0 saturated heterocycles. The van der Waals surface area contributed by atoms with Gasteiger partial charge in [0.2, 0.25) is 10.0 Å². The molecule has 0 aliphatic rings. The molecule has 0 atom stereocenters. The molecule has 2 N–H and O–H groups in total. The highest BCUT2D eigenvalue weighted by Crippen LogP contribution is 2.26. The fourth-order valence-corrected chi connectivity index (χ4v) is 4.64. The Balaban J connectivity index is 2.18. The van der Waals surface area contributed by atoms with Crippen molar-refractivity contribution in [1.82, 2.24) is 19.4 Å². The van der Waals surface area contributed by atoms with Gasteiger partial charge in [-0.25, -0.2) is 13.1 Å². The molecule has 1 aromatic carbocycles. The highest BCUT2D eigenvalue weighted by atomic mass is 32.2. The maximum Gasteiger partial charge on any atom is 0.255 e. The summed E-state index contributed by atoms with van der Waals surface area (Å²) in [6.45, 7) is 12.9. The summed E-state index contributed by atoms with van der Waals surface area (Å²) in [7, 11) is -2.50. The van der Waals surface area contributed by atoms with Crippen LogP contribution in [0.1, 0.15) is 45.0 Å². The number of hydrogen-bond acceptors (Lipinski definition) is 6. The molecule has 10 heteroatoms. The minimum absolute atomic E-state index is 0.0903. The van der Waals surface area contributed by atoms with Gasteiger partial charge in [-0.3, -0.25) is 9.48 Å². The van der Waals surface area contributed by atoms with Crippen molar-refractivity contribution < 1.29 is 17.9 Å². The van der Waals surface area contributed by atoms with E-state index < -0.39 is 21.5 Å². The second-order valence-corrected chi connectivity index (χ2v) is 9.85. The monoisotopic (exact) mass is 451 g/mol. The normalized spacial score (nSPS) is 12.2. The molecule has 1 amide bonds. The van der Waals surface area contributed by atoms with E-state index in [9.17, 15) is 13.2 Å². The molecule has 0 unspecified atom stereocenters. The molecule has 9 nitrogen and oxygen atoms in total. The van der Waals surface area contributed by atoms with Crippen LogP contribution in [0.2, 0.25) is 0 Å². The van der Waals surface area contributed by atoms with E-state index in [0.717, 1.165) is 19.6 Å². The Labute approximate surface area is 184 Å². The molecule has 0 radical (unpaired) electrons. The van der Waals surface area contributed by atoms with Crippen molar-refractivity contribution in [2.45, 2.75) is 51.6 Å². The number of likely N-dealkylation sites (N-methyl/N-ethyl adjacent to an activating group) is 1. The van der Waals surface area contributed by atoms with Crippen LogP contribution in [-0.4, -0.2) is 61.3 Å². The van der Waals surface area contributed by atoms with Gasteiger partial charge >= 0.3 is 0 Å². The molecule has 0 aliphatic carbocycles. The van der Waals surface area contributed by atoms with Crippen molar-refractivity contribution in [3.63, 3.8) is 0 Å². The molecular weight excluding hydrogens is 418 g/mol. The Morgan fingerprint density at radius 1 is 1.23 bits per heavy atom. The molecular formula is C21H33N5O4S. The zero-order chi connectivity index (χ0) is 23.2. The Morgan fingerprint density at radius 3 is 2.48 bits per heavy atom. The summed E-state index contributed by atoms with van der Waals surface area (Å²) in [4.78, 5) is 14.9. The molecule has 0 aliphatic heterocycles. The van der Waals surface area contributed by atoms with E-state index in [1.165, 1.54) is 25.3 Å². The van der Waals surface area contributed by atoms with E-state index in [2.05, 4.69) is 33.9 Å². The number of methoxy groups -OCH3 is 1. The maximum absolute atomic E-state index is 12.8. The first-order chi connectivity index (χ1) is 14.5. The Morgan fingerprint density at radius 2 is 1.90 bits per heavy atom. The van der Waals surface area contributed by atoms with Gasteiger partial charge in [-0.2, -0.15) is 5.10 Å². The number of ether oxygens (including phenoxy) is 1. The van der Waals surface area contributed by atoms with Gasteiger partial charge in [-0.15, -0.1) is 0 Å². The number of sulfonamides is 1. The first-order valence-corrected chi connectivity index (χ1v) is 11.8. The van der Waals surface area contributed by atoms with Crippen molar-refractivity contribution in [2.24, 2.45) is 0 Å². The largest absolute Gasteiger partial charge is 0.495 e. The zero-order valence-electron chi connectivity index (χ0n) is 19.1. The van der Waals surface area contributed by atoms with Crippen molar-refractivity contribution in [2.75, 3.05) is 32.1 Å². The first-order valence-electron chi connectivity index (χ1n) is 10.3. The third-order valence-electron chi connectivity index (χ3n) is 4.59. The van der Waals surface area contributed by atoms with Crippen molar-refractivity contribution in [3.8, 4) is 5.75 Å². The molecule has 0 spiro atoms. The Hall–Kier alpha value is -2.43. The third-order valence-corrected chi connectivity index (χ3v) is 6.37. The van der Waals surface area contributed by atoms with Gasteiger partial charge in [0, 0.05) is 23.8 Å². The van der Waals surface area contributed by atoms with Crippen LogP contribution in [-0.2, 0) is 16.6 Å². The number of anilines is 1. The second kappa shape index (κ2) is 10.3. The van der Waals surface area contributed by atoms with Gasteiger partial charge in [0.05, 0.1) is 25.5 Å². The van der Waals surface area contributed by atoms with E-state index in [-0.39, 0.29) is 16.2 Å². The van der Waals surface area contributed by atoms with Crippen molar-refractivity contribution >= 4 is 21.6 Å². The summed E-state index contributed by atoms with van der Waals surface area (Å²) in [6, 6.07) is 4.31. The van der Waals surface area contributed by atoms with Crippen LogP contribution < -0.4 is 14.8 Å². The molecule has 0 fully saturated rings. The topological polar surface area (TPSA) is 106 Å². The maximum atomic E-state index is 12.8. The summed E-state index contributed by atoms with van der Waals surface area (Å²) >= 11 is 0. The lowest BCUT2D eigenvalue weighted by Gasteiger charge is -2.21. The molecule has 1 heterocycles. The molecule has 172 valence electrons. The number of hydrogen-bond donors (Lipinski definition) is 2. The van der Waals surface area contributed by atoms with Crippen LogP contribution in [0.5, 0.6) is 5.75 Å². The smallest absolute Gasteiger partial charge is 0.255 e. The number of aromatic nitrogens is 2. The van der Waals surface area contributed by atoms with Crippen LogP contribution in [0.25, 0.3) is 0 Å². The number of nitrogens with one attached hydrogen (secondary N) is 2. The molecule has 0 bridgehead atoms. The number of carbonyl (C=O) groups excluding carboxylic acids is 1. The van der Waals surface area contributed by atoms with E-state index in [1.807, 2.05) is 0 Å². The molecule has 1 aromatic heterocycles. The summed E-state index contributed by atoms with van der Waals surface area (Å²) in [5, 5.41) is 7.04. The van der Waals surface area contributed by atoms with Crippen molar-refractivity contribution in [3.05, 3.63) is 36.2 Å². The zero-order valence-corrected chi connectivity index (χ0v) is 19.9. The molecule has 2 rings (SSSR count). The summed E-state index contributed by atoms with van der Waals surface area (Å²) < 4.78 is 35.2. The molecule has 31 heavy (non-hydrogen) atoms. The fraction of sp³-hybridized carbons (Fsp3) is 0.524. The number of benzene rings is 1. The Bertz CT molecular complexity index is 991. The van der Waals surface area contributed by atoms with E-state index in [4.69, 9.17) is 4.74 Å². The molecule has 0 saturated carbocycles. The van der Waals surface area contributed by atoms with Crippen LogP contribution >= 0.6 is 0 Å². The van der Waals surface area contributed by atoms with Gasteiger partial charge in [0.25, 0.3) is 5.91 Å². The summed E-state index contributed by atoms with van der Waals surface area (Å²) in [6.07, 6.45) is 3.33. The van der Waals surface area contributed by atoms with Crippen LogP contribution in [0.4, 0.5) is 5.69 Å². The van der Waals surface area contributed by atoms with Crippen LogP contribution in [0.3, 0.4) is 0 Å². The lowest BCUT2D eigenvalue weighted by atomic mass is 10.1. The lowest BCUT2D eigenvalue weighted by Crippen LogP contribution is -2.40. The van der Waals surface area contributed by atoms with Crippen molar-refractivity contribution in [1.29, 1.82) is 0 Å². The van der Waals surface area contributed by atoms with Gasteiger partial charge in [0.1, 0.15) is 10.6 Å². The highest BCUT2D eigenvalue weighted by Gasteiger charge is 2.26. The summed E-state index contributed by atoms with van der Waals surface area (Å²) in [5.41, 5.74) is 0.0607. The van der Waals surface area contributed by atoms with Gasteiger partial charge in [0.15, 0.2) is 0 Å². The van der Waals surface area contributed by atoms with E-state index in [1.54, 1.807) is 37.8 Å². The quantitative estimate of drug-likeness (QED) is 0.575. The fourth-order valence-electron chi connectivity index (χ4n) is 3.02. The highest BCUT2D eigenvalue weighted by molar-refractivity contribution is 7.89. The third kappa shape index (κ3) is 7.05. The number of rotatable bonds is 10. The second-order valence-electron chi connectivity index (χ2n) is 8.19. The lowest BCUT2D eigenvalue weighted by molar-refractivity contribution is 0.102. The SMILES string of the molecule is CCN(CC)CCn1cc(NC(=O)c2ccc(OC)c(S(=O)(=O)NC(C)(C)C)c2)cn1. The predicted molar refractivity (Wildman–Crippen MR) is 121 cm³/mol. The summed E-state index contributed by atoms with van der Waals surface area (Å²) in [5.74, 6) is -0.268. The van der Waals surface area contributed by atoms with E-state index >= 15 is 0 Å². The number of amides is 1. The minimum atomic E-state index is -3.88. The number of carbonyl (C=O) groups is 1. The van der Waals surface area contributed by atoms with Gasteiger partial charge in [-0.1, -0.05) is 13.8 Å². The van der Waals surface area contributed by atoms with E-state index in [0.29, 0.717) is 12.2 Å². The van der Waals surface area contributed by atoms with Crippen LogP contribution in [0.15, 0.2) is 35.5 Å².